The fraction of sp³-hybridized carbons (Fsp3) is 0.235. The lowest BCUT2D eigenvalue weighted by molar-refractivity contribution is -0.115. The van der Waals surface area contributed by atoms with Gasteiger partial charge in [-0.3, -0.25) is 4.79 Å². The van der Waals surface area contributed by atoms with E-state index in [1.54, 1.807) is 23.9 Å². The average Bonchev–Trinajstić information content (AvgIpc) is 2.55. The first-order chi connectivity index (χ1) is 11.2. The molecule has 0 saturated heterocycles. The van der Waals surface area contributed by atoms with Gasteiger partial charge in [-0.05, 0) is 42.2 Å². The maximum Gasteiger partial charge on any atom is 0.228 e. The Bertz CT molecular complexity index is 736. The number of hydrogen-bond acceptors (Lipinski definition) is 4. The van der Waals surface area contributed by atoms with Crippen molar-refractivity contribution in [3.05, 3.63) is 47.0 Å². The molecule has 1 N–H and O–H groups in total. The minimum atomic E-state index is -0.101. The minimum absolute atomic E-state index is 0.101. The zero-order valence-corrected chi connectivity index (χ0v) is 14.2. The second-order valence-electron chi connectivity index (χ2n) is 5.06. The first-order valence-corrected chi connectivity index (χ1v) is 8.78. The summed E-state index contributed by atoms with van der Waals surface area (Å²) in [4.78, 5) is 13.3. The van der Waals surface area contributed by atoms with Crippen LogP contribution in [0.1, 0.15) is 5.56 Å². The van der Waals surface area contributed by atoms with E-state index < -0.39 is 0 Å². The number of amides is 1. The summed E-state index contributed by atoms with van der Waals surface area (Å²) in [6, 6.07) is 11.3. The summed E-state index contributed by atoms with van der Waals surface area (Å²) in [6.07, 6.45) is 2.22. The van der Waals surface area contributed by atoms with Crippen LogP contribution < -0.4 is 14.8 Å². The maximum absolute atomic E-state index is 12.2. The molecular formula is C17H16ClNO3S. The van der Waals surface area contributed by atoms with Gasteiger partial charge < -0.3 is 14.8 Å². The highest BCUT2D eigenvalue weighted by Gasteiger charge is 2.17. The van der Waals surface area contributed by atoms with E-state index in [0.717, 1.165) is 16.1 Å². The summed E-state index contributed by atoms with van der Waals surface area (Å²) >= 11 is 7.82. The standard InChI is InChI=1S/C17H16ClNO3S/c1-23-13-4-2-3-12(10-13)19-16(20)9-11-7-14(18)17-15(8-11)21-5-6-22-17/h2-4,7-8,10H,5-6,9H2,1H3,(H,19,20). The van der Waals surface area contributed by atoms with Crippen molar-refractivity contribution in [2.75, 3.05) is 24.8 Å². The van der Waals surface area contributed by atoms with Crippen molar-refractivity contribution in [2.45, 2.75) is 11.3 Å². The van der Waals surface area contributed by atoms with E-state index in [1.807, 2.05) is 30.5 Å². The molecule has 1 amide bonds. The molecule has 0 saturated carbocycles. The number of carbonyl (C=O) groups is 1. The molecule has 120 valence electrons. The number of halogens is 1. The van der Waals surface area contributed by atoms with Crippen LogP contribution in [0.4, 0.5) is 5.69 Å². The normalized spacial score (nSPS) is 12.8. The molecule has 0 unspecified atom stereocenters. The Morgan fingerprint density at radius 3 is 2.91 bits per heavy atom. The fourth-order valence-corrected chi connectivity index (χ4v) is 3.11. The van der Waals surface area contributed by atoms with E-state index in [-0.39, 0.29) is 12.3 Å². The largest absolute Gasteiger partial charge is 0.486 e. The van der Waals surface area contributed by atoms with Crippen LogP contribution >= 0.6 is 23.4 Å². The van der Waals surface area contributed by atoms with Gasteiger partial charge in [0.05, 0.1) is 11.4 Å². The monoisotopic (exact) mass is 349 g/mol. The molecule has 0 spiro atoms. The predicted octanol–water partition coefficient (Wildman–Crippen LogP) is 4.01. The molecule has 23 heavy (non-hydrogen) atoms. The SMILES string of the molecule is CSc1cccc(NC(=O)Cc2cc(Cl)c3c(c2)OCCO3)c1. The van der Waals surface area contributed by atoms with Crippen LogP contribution in [0, 0.1) is 0 Å². The third-order valence-corrected chi connectivity index (χ3v) is 4.38. The molecule has 1 aliphatic heterocycles. The van der Waals surface area contributed by atoms with Crippen LogP contribution in [0.2, 0.25) is 5.02 Å². The van der Waals surface area contributed by atoms with Gasteiger partial charge in [0.2, 0.25) is 5.91 Å². The molecule has 0 fully saturated rings. The van der Waals surface area contributed by atoms with Gasteiger partial charge in [-0.1, -0.05) is 17.7 Å². The van der Waals surface area contributed by atoms with Gasteiger partial charge in [-0.25, -0.2) is 0 Å². The number of ether oxygens (including phenoxy) is 2. The Kier molecular flexibility index (Phi) is 4.98. The third-order valence-electron chi connectivity index (χ3n) is 3.37. The van der Waals surface area contributed by atoms with E-state index in [4.69, 9.17) is 21.1 Å². The van der Waals surface area contributed by atoms with Crippen molar-refractivity contribution in [2.24, 2.45) is 0 Å². The Labute approximate surface area is 144 Å². The van der Waals surface area contributed by atoms with E-state index >= 15 is 0 Å². The van der Waals surface area contributed by atoms with E-state index in [0.29, 0.717) is 29.7 Å². The lowest BCUT2D eigenvalue weighted by Crippen LogP contribution is -2.17. The van der Waals surface area contributed by atoms with Crippen molar-refractivity contribution in [3.63, 3.8) is 0 Å². The van der Waals surface area contributed by atoms with Gasteiger partial charge in [-0.2, -0.15) is 0 Å². The van der Waals surface area contributed by atoms with Gasteiger partial charge in [0, 0.05) is 10.6 Å². The molecule has 3 rings (SSSR count). The fourth-order valence-electron chi connectivity index (χ4n) is 2.36. The van der Waals surface area contributed by atoms with Crippen LogP contribution in [0.3, 0.4) is 0 Å². The second kappa shape index (κ2) is 7.15. The molecule has 4 nitrogen and oxygen atoms in total. The number of fused-ring (bicyclic) bond motifs is 1. The molecule has 6 heteroatoms. The maximum atomic E-state index is 12.2. The Morgan fingerprint density at radius 1 is 1.26 bits per heavy atom. The van der Waals surface area contributed by atoms with E-state index in [2.05, 4.69) is 5.32 Å². The molecule has 0 aliphatic carbocycles. The summed E-state index contributed by atoms with van der Waals surface area (Å²) in [7, 11) is 0. The number of thioether (sulfide) groups is 1. The smallest absolute Gasteiger partial charge is 0.228 e. The molecular weight excluding hydrogens is 334 g/mol. The van der Waals surface area contributed by atoms with Crippen molar-refractivity contribution in [3.8, 4) is 11.5 Å². The van der Waals surface area contributed by atoms with Gasteiger partial charge in [0.25, 0.3) is 0 Å². The van der Waals surface area contributed by atoms with Crippen LogP contribution in [0.25, 0.3) is 0 Å². The number of nitrogens with one attached hydrogen (secondary N) is 1. The lowest BCUT2D eigenvalue weighted by atomic mass is 10.1. The lowest BCUT2D eigenvalue weighted by Gasteiger charge is -2.20. The van der Waals surface area contributed by atoms with Crippen molar-refractivity contribution in [1.29, 1.82) is 0 Å². The predicted molar refractivity (Wildman–Crippen MR) is 93.0 cm³/mol. The second-order valence-corrected chi connectivity index (χ2v) is 6.35. The third kappa shape index (κ3) is 3.92. The van der Waals surface area contributed by atoms with E-state index in [1.165, 1.54) is 0 Å². The number of hydrogen-bond donors (Lipinski definition) is 1. The minimum Gasteiger partial charge on any atom is -0.486 e. The van der Waals surface area contributed by atoms with Gasteiger partial charge in [0.1, 0.15) is 13.2 Å². The number of rotatable bonds is 4. The summed E-state index contributed by atoms with van der Waals surface area (Å²) in [5, 5.41) is 3.36. The van der Waals surface area contributed by atoms with Crippen molar-refractivity contribution >= 4 is 35.0 Å². The Balaban J connectivity index is 1.71. The number of benzene rings is 2. The summed E-state index contributed by atoms with van der Waals surface area (Å²) in [5.41, 5.74) is 1.57. The van der Waals surface area contributed by atoms with Crippen LogP contribution in [0.5, 0.6) is 11.5 Å². The molecule has 0 atom stereocenters. The first kappa shape index (κ1) is 16.0. The summed E-state index contributed by atoms with van der Waals surface area (Å²) in [6.45, 7) is 0.971. The van der Waals surface area contributed by atoms with Crippen molar-refractivity contribution < 1.29 is 14.3 Å². The highest BCUT2D eigenvalue weighted by Crippen LogP contribution is 2.38. The summed E-state index contributed by atoms with van der Waals surface area (Å²) in [5.74, 6) is 1.04. The highest BCUT2D eigenvalue weighted by molar-refractivity contribution is 7.98. The Morgan fingerprint density at radius 2 is 2.09 bits per heavy atom. The number of anilines is 1. The average molecular weight is 350 g/mol. The molecule has 0 aromatic heterocycles. The topological polar surface area (TPSA) is 47.6 Å². The van der Waals surface area contributed by atoms with Gasteiger partial charge >= 0.3 is 0 Å². The highest BCUT2D eigenvalue weighted by atomic mass is 35.5. The quantitative estimate of drug-likeness (QED) is 0.847. The molecule has 1 heterocycles. The number of carbonyl (C=O) groups excluding carboxylic acids is 1. The summed E-state index contributed by atoms with van der Waals surface area (Å²) < 4.78 is 11.0. The molecule has 1 aliphatic rings. The Hall–Kier alpha value is -1.85. The van der Waals surface area contributed by atoms with Gasteiger partial charge in [0.15, 0.2) is 11.5 Å². The first-order valence-electron chi connectivity index (χ1n) is 7.17. The van der Waals surface area contributed by atoms with Crippen LogP contribution in [-0.2, 0) is 11.2 Å². The molecule has 0 bridgehead atoms. The van der Waals surface area contributed by atoms with Crippen LogP contribution in [0.15, 0.2) is 41.3 Å². The van der Waals surface area contributed by atoms with E-state index in [9.17, 15) is 4.79 Å². The van der Waals surface area contributed by atoms with Gasteiger partial charge in [-0.15, -0.1) is 11.8 Å². The van der Waals surface area contributed by atoms with Crippen LogP contribution in [-0.4, -0.2) is 25.4 Å². The van der Waals surface area contributed by atoms with Crippen molar-refractivity contribution in [1.82, 2.24) is 0 Å². The molecule has 0 radical (unpaired) electrons. The molecule has 2 aromatic carbocycles. The molecule has 2 aromatic rings. The zero-order valence-electron chi connectivity index (χ0n) is 12.6. The zero-order chi connectivity index (χ0) is 16.2.